The molecule has 0 spiro atoms. The van der Waals surface area contributed by atoms with Crippen molar-refractivity contribution in [2.75, 3.05) is 6.54 Å². The van der Waals surface area contributed by atoms with Crippen LogP contribution in [0.2, 0.25) is 0 Å². The van der Waals surface area contributed by atoms with Crippen LogP contribution in [0.5, 0.6) is 0 Å². The van der Waals surface area contributed by atoms with Crippen molar-refractivity contribution in [2.24, 2.45) is 11.7 Å². The summed E-state index contributed by atoms with van der Waals surface area (Å²) in [7, 11) is 0. The van der Waals surface area contributed by atoms with Gasteiger partial charge in [0.25, 0.3) is 0 Å². The molecule has 104 valence electrons. The number of carbonyl (C=O) groups excluding carboxylic acids is 1. The van der Waals surface area contributed by atoms with E-state index in [-0.39, 0.29) is 17.9 Å². The summed E-state index contributed by atoms with van der Waals surface area (Å²) in [6.07, 6.45) is 2.07. The van der Waals surface area contributed by atoms with Gasteiger partial charge < -0.3 is 10.6 Å². The highest BCUT2D eigenvalue weighted by atomic mass is 79.9. The molecule has 1 unspecified atom stereocenters. The second-order valence-corrected chi connectivity index (χ2v) is 6.43. The van der Waals surface area contributed by atoms with Gasteiger partial charge in [0.05, 0.1) is 12.1 Å². The molecule has 1 heterocycles. The van der Waals surface area contributed by atoms with Gasteiger partial charge in [0.2, 0.25) is 5.91 Å². The van der Waals surface area contributed by atoms with Gasteiger partial charge in [0.1, 0.15) is 0 Å². The SMILES string of the molecule is CC(C)[C@H](N)C(=O)N1CCCC1c1cccc(Br)c1. The van der Waals surface area contributed by atoms with Crippen molar-refractivity contribution in [3.05, 3.63) is 34.3 Å². The smallest absolute Gasteiger partial charge is 0.240 e. The fraction of sp³-hybridized carbons (Fsp3) is 0.533. The molecule has 1 aliphatic rings. The summed E-state index contributed by atoms with van der Waals surface area (Å²) in [6.45, 7) is 4.80. The van der Waals surface area contributed by atoms with E-state index in [1.807, 2.05) is 30.9 Å². The highest BCUT2D eigenvalue weighted by molar-refractivity contribution is 9.10. The summed E-state index contributed by atoms with van der Waals surface area (Å²) in [4.78, 5) is 14.4. The lowest BCUT2D eigenvalue weighted by Crippen LogP contribution is -2.46. The maximum Gasteiger partial charge on any atom is 0.240 e. The van der Waals surface area contributed by atoms with Gasteiger partial charge in [-0.1, -0.05) is 41.9 Å². The van der Waals surface area contributed by atoms with Crippen LogP contribution in [0, 0.1) is 5.92 Å². The Labute approximate surface area is 123 Å². The molecule has 1 aromatic carbocycles. The van der Waals surface area contributed by atoms with Crippen molar-refractivity contribution in [1.82, 2.24) is 4.90 Å². The van der Waals surface area contributed by atoms with Gasteiger partial charge >= 0.3 is 0 Å². The molecule has 0 radical (unpaired) electrons. The summed E-state index contributed by atoms with van der Waals surface area (Å²) >= 11 is 3.49. The second kappa shape index (κ2) is 6.06. The number of hydrogen-bond donors (Lipinski definition) is 1. The topological polar surface area (TPSA) is 46.3 Å². The first-order valence-electron chi connectivity index (χ1n) is 6.82. The number of hydrogen-bond acceptors (Lipinski definition) is 2. The predicted octanol–water partition coefficient (Wildman–Crippen LogP) is 3.10. The number of rotatable bonds is 3. The van der Waals surface area contributed by atoms with Crippen molar-refractivity contribution >= 4 is 21.8 Å². The molecule has 0 aliphatic carbocycles. The lowest BCUT2D eigenvalue weighted by atomic mass is 10.0. The number of likely N-dealkylation sites (tertiary alicyclic amines) is 1. The maximum absolute atomic E-state index is 12.4. The Hall–Kier alpha value is -0.870. The third kappa shape index (κ3) is 3.18. The molecule has 19 heavy (non-hydrogen) atoms. The molecule has 1 aliphatic heterocycles. The third-order valence-electron chi connectivity index (χ3n) is 3.77. The van der Waals surface area contributed by atoms with Crippen LogP contribution in [0.1, 0.15) is 38.3 Å². The van der Waals surface area contributed by atoms with Crippen LogP contribution >= 0.6 is 15.9 Å². The van der Waals surface area contributed by atoms with Gasteiger partial charge in [-0.25, -0.2) is 0 Å². The molecule has 1 fully saturated rings. The number of nitrogens with zero attached hydrogens (tertiary/aromatic N) is 1. The normalized spacial score (nSPS) is 20.9. The van der Waals surface area contributed by atoms with E-state index in [1.54, 1.807) is 0 Å². The Balaban J connectivity index is 2.19. The van der Waals surface area contributed by atoms with E-state index in [4.69, 9.17) is 5.73 Å². The highest BCUT2D eigenvalue weighted by Gasteiger charge is 2.33. The molecule has 1 amide bonds. The van der Waals surface area contributed by atoms with E-state index >= 15 is 0 Å². The van der Waals surface area contributed by atoms with Crippen LogP contribution in [-0.4, -0.2) is 23.4 Å². The first-order valence-corrected chi connectivity index (χ1v) is 7.61. The van der Waals surface area contributed by atoms with E-state index in [0.29, 0.717) is 0 Å². The molecule has 1 saturated heterocycles. The van der Waals surface area contributed by atoms with Crippen LogP contribution in [0.25, 0.3) is 0 Å². The fourth-order valence-electron chi connectivity index (χ4n) is 2.57. The zero-order chi connectivity index (χ0) is 14.0. The van der Waals surface area contributed by atoms with Gasteiger partial charge in [-0.3, -0.25) is 4.79 Å². The largest absolute Gasteiger partial charge is 0.334 e. The van der Waals surface area contributed by atoms with Crippen molar-refractivity contribution in [1.29, 1.82) is 0 Å². The first kappa shape index (κ1) is 14.5. The van der Waals surface area contributed by atoms with E-state index in [9.17, 15) is 4.79 Å². The molecule has 2 rings (SSSR count). The Kier molecular flexibility index (Phi) is 4.63. The minimum Gasteiger partial charge on any atom is -0.334 e. The van der Waals surface area contributed by atoms with Gasteiger partial charge in [0, 0.05) is 11.0 Å². The molecule has 1 aromatic rings. The summed E-state index contributed by atoms with van der Waals surface area (Å²) in [6, 6.07) is 7.98. The average Bonchev–Trinajstić information content (AvgIpc) is 2.86. The number of benzene rings is 1. The molecule has 0 saturated carbocycles. The number of nitrogens with two attached hydrogens (primary N) is 1. The quantitative estimate of drug-likeness (QED) is 0.928. The number of amides is 1. The predicted molar refractivity (Wildman–Crippen MR) is 80.6 cm³/mol. The van der Waals surface area contributed by atoms with Crippen LogP contribution in [0.3, 0.4) is 0 Å². The summed E-state index contributed by atoms with van der Waals surface area (Å²) < 4.78 is 1.05. The molecule has 0 aromatic heterocycles. The lowest BCUT2D eigenvalue weighted by molar-refractivity contribution is -0.134. The molecule has 2 N–H and O–H groups in total. The van der Waals surface area contributed by atoms with Gasteiger partial charge in [-0.15, -0.1) is 0 Å². The molecule has 3 nitrogen and oxygen atoms in total. The number of carbonyl (C=O) groups is 1. The minimum absolute atomic E-state index is 0.0810. The molecule has 2 atom stereocenters. The van der Waals surface area contributed by atoms with Crippen LogP contribution in [0.15, 0.2) is 28.7 Å². The van der Waals surface area contributed by atoms with E-state index in [1.165, 1.54) is 5.56 Å². The van der Waals surface area contributed by atoms with Gasteiger partial charge in [0.15, 0.2) is 0 Å². The van der Waals surface area contributed by atoms with Gasteiger partial charge in [-0.05, 0) is 36.5 Å². The van der Waals surface area contributed by atoms with E-state index in [0.717, 1.165) is 23.9 Å². The third-order valence-corrected chi connectivity index (χ3v) is 4.27. The zero-order valence-electron chi connectivity index (χ0n) is 11.5. The molecular formula is C15H21BrN2O. The summed E-state index contributed by atoms with van der Waals surface area (Å²) in [5, 5.41) is 0. The van der Waals surface area contributed by atoms with E-state index in [2.05, 4.69) is 28.1 Å². The average molecular weight is 325 g/mol. The monoisotopic (exact) mass is 324 g/mol. The van der Waals surface area contributed by atoms with E-state index < -0.39 is 6.04 Å². The fourth-order valence-corrected chi connectivity index (χ4v) is 2.98. The van der Waals surface area contributed by atoms with Gasteiger partial charge in [-0.2, -0.15) is 0 Å². The standard InChI is InChI=1S/C15H21BrN2O/c1-10(2)14(17)15(19)18-8-4-7-13(18)11-5-3-6-12(16)9-11/h3,5-6,9-10,13-14H,4,7-8,17H2,1-2H3/t13?,14-/m0/s1. The maximum atomic E-state index is 12.4. The Morgan fingerprint density at radius 2 is 2.21 bits per heavy atom. The lowest BCUT2D eigenvalue weighted by Gasteiger charge is -2.29. The number of halogens is 1. The van der Waals surface area contributed by atoms with Crippen LogP contribution < -0.4 is 5.73 Å². The van der Waals surface area contributed by atoms with Crippen molar-refractivity contribution in [3.8, 4) is 0 Å². The Morgan fingerprint density at radius 3 is 2.84 bits per heavy atom. The van der Waals surface area contributed by atoms with Crippen molar-refractivity contribution in [2.45, 2.75) is 38.8 Å². The molecule has 0 bridgehead atoms. The summed E-state index contributed by atoms with van der Waals surface area (Å²) in [5.74, 6) is 0.258. The molecule has 4 heteroatoms. The van der Waals surface area contributed by atoms with Crippen LogP contribution in [-0.2, 0) is 4.79 Å². The Bertz CT molecular complexity index is 461. The Morgan fingerprint density at radius 1 is 1.47 bits per heavy atom. The summed E-state index contributed by atoms with van der Waals surface area (Å²) in [5.41, 5.74) is 7.20. The highest BCUT2D eigenvalue weighted by Crippen LogP contribution is 2.33. The minimum atomic E-state index is -0.396. The van der Waals surface area contributed by atoms with Crippen molar-refractivity contribution < 1.29 is 4.79 Å². The first-order chi connectivity index (χ1) is 9.00. The zero-order valence-corrected chi connectivity index (χ0v) is 13.1. The molecular weight excluding hydrogens is 304 g/mol. The van der Waals surface area contributed by atoms with Crippen molar-refractivity contribution in [3.63, 3.8) is 0 Å². The second-order valence-electron chi connectivity index (χ2n) is 5.51. The van der Waals surface area contributed by atoms with Crippen LogP contribution in [0.4, 0.5) is 0 Å².